The minimum absolute atomic E-state index is 0.141. The first-order valence-electron chi connectivity index (χ1n) is 4.57. The zero-order chi connectivity index (χ0) is 12.6. The number of benzene rings is 1. The number of Topliss-reactive ketones (excluding diaryl/α,β-unsaturated/α-hetero) is 1. The number of hydrogen-bond acceptors (Lipinski definition) is 2. The zero-order valence-corrected chi connectivity index (χ0v) is 8.80. The van der Waals surface area contributed by atoms with Gasteiger partial charge in [0.15, 0.2) is 11.4 Å². The van der Waals surface area contributed by atoms with E-state index >= 15 is 0 Å². The van der Waals surface area contributed by atoms with E-state index in [0.29, 0.717) is 6.92 Å². The van der Waals surface area contributed by atoms with Crippen molar-refractivity contribution in [3.05, 3.63) is 35.4 Å². The number of alkyl halides is 3. The normalized spacial score (nSPS) is 15.6. The molecule has 0 bridgehead atoms. The highest BCUT2D eigenvalue weighted by Crippen LogP contribution is 2.38. The Hall–Kier alpha value is -1.36. The van der Waals surface area contributed by atoms with Gasteiger partial charge in [-0.05, 0) is 25.5 Å². The lowest BCUT2D eigenvalue weighted by atomic mass is 9.93. The first kappa shape index (κ1) is 12.7. The molecule has 1 atom stereocenters. The lowest BCUT2D eigenvalue weighted by molar-refractivity contribution is -0.258. The molecule has 88 valence electrons. The first-order valence-corrected chi connectivity index (χ1v) is 4.57. The Labute approximate surface area is 90.7 Å². The minimum Gasteiger partial charge on any atom is -0.376 e. The fourth-order valence-electron chi connectivity index (χ4n) is 1.20. The van der Waals surface area contributed by atoms with Crippen LogP contribution in [0.3, 0.4) is 0 Å². The number of ketones is 1. The van der Waals surface area contributed by atoms with Crippen LogP contribution in [-0.2, 0) is 5.60 Å². The van der Waals surface area contributed by atoms with Crippen LogP contribution in [0.4, 0.5) is 13.2 Å². The lowest BCUT2D eigenvalue weighted by Gasteiger charge is -2.26. The molecule has 0 radical (unpaired) electrons. The predicted molar refractivity (Wildman–Crippen MR) is 52.1 cm³/mol. The van der Waals surface area contributed by atoms with Gasteiger partial charge < -0.3 is 5.11 Å². The van der Waals surface area contributed by atoms with Crippen LogP contribution in [0, 0.1) is 0 Å². The van der Waals surface area contributed by atoms with Crippen molar-refractivity contribution in [1.82, 2.24) is 0 Å². The highest BCUT2D eigenvalue weighted by atomic mass is 19.4. The van der Waals surface area contributed by atoms with Crippen molar-refractivity contribution in [3.8, 4) is 0 Å². The molecule has 0 spiro atoms. The third-order valence-electron chi connectivity index (χ3n) is 2.38. The van der Waals surface area contributed by atoms with Gasteiger partial charge in [-0.3, -0.25) is 4.79 Å². The molecule has 0 aliphatic rings. The topological polar surface area (TPSA) is 37.3 Å². The molecule has 0 heterocycles. The average Bonchev–Trinajstić information content (AvgIpc) is 2.16. The fraction of sp³-hybridized carbons (Fsp3) is 0.364. The quantitative estimate of drug-likeness (QED) is 0.796. The molecule has 0 fully saturated rings. The van der Waals surface area contributed by atoms with Crippen LogP contribution in [-0.4, -0.2) is 17.1 Å². The summed E-state index contributed by atoms with van der Waals surface area (Å²) in [7, 11) is 0. The van der Waals surface area contributed by atoms with Crippen LogP contribution in [0.15, 0.2) is 24.3 Å². The van der Waals surface area contributed by atoms with E-state index in [1.165, 1.54) is 19.1 Å². The molecule has 0 saturated carbocycles. The van der Waals surface area contributed by atoms with Crippen molar-refractivity contribution >= 4 is 5.78 Å². The maximum Gasteiger partial charge on any atom is 0.421 e. The summed E-state index contributed by atoms with van der Waals surface area (Å²) in [6, 6.07) is 4.90. The molecule has 16 heavy (non-hydrogen) atoms. The number of carbonyl (C=O) groups is 1. The third-order valence-corrected chi connectivity index (χ3v) is 2.38. The maximum atomic E-state index is 12.5. The van der Waals surface area contributed by atoms with E-state index in [1.807, 2.05) is 0 Å². The molecule has 1 N–H and O–H groups in total. The average molecular weight is 232 g/mol. The second-order valence-electron chi connectivity index (χ2n) is 3.71. The monoisotopic (exact) mass is 232 g/mol. The molecule has 1 rings (SSSR count). The highest BCUT2D eigenvalue weighted by molar-refractivity contribution is 5.94. The Balaban J connectivity index is 3.24. The number of hydrogen-bond donors (Lipinski definition) is 1. The summed E-state index contributed by atoms with van der Waals surface area (Å²) >= 11 is 0. The Bertz CT molecular complexity index is 408. The van der Waals surface area contributed by atoms with Gasteiger partial charge in [-0.2, -0.15) is 13.2 Å². The molecule has 0 aliphatic carbocycles. The number of aliphatic hydroxyl groups is 1. The zero-order valence-electron chi connectivity index (χ0n) is 8.80. The van der Waals surface area contributed by atoms with E-state index in [4.69, 9.17) is 0 Å². The number of rotatable bonds is 2. The van der Waals surface area contributed by atoms with Gasteiger partial charge in [0, 0.05) is 5.56 Å². The van der Waals surface area contributed by atoms with E-state index in [0.717, 1.165) is 12.1 Å². The predicted octanol–water partition coefficient (Wildman–Crippen LogP) is 2.66. The fourth-order valence-corrected chi connectivity index (χ4v) is 1.20. The molecule has 1 unspecified atom stereocenters. The molecule has 0 aliphatic heterocycles. The largest absolute Gasteiger partial charge is 0.421 e. The highest BCUT2D eigenvalue weighted by Gasteiger charge is 2.51. The van der Waals surface area contributed by atoms with Gasteiger partial charge in [-0.1, -0.05) is 18.2 Å². The summed E-state index contributed by atoms with van der Waals surface area (Å²) in [4.78, 5) is 11.0. The SMILES string of the molecule is CC(=O)c1cccc(C(C)(O)C(F)(F)F)c1. The Morgan fingerprint density at radius 1 is 1.31 bits per heavy atom. The van der Waals surface area contributed by atoms with Crippen molar-refractivity contribution in [2.24, 2.45) is 0 Å². The molecule has 0 amide bonds. The van der Waals surface area contributed by atoms with E-state index < -0.39 is 11.8 Å². The van der Waals surface area contributed by atoms with Gasteiger partial charge in [0.1, 0.15) is 0 Å². The second-order valence-corrected chi connectivity index (χ2v) is 3.71. The van der Waals surface area contributed by atoms with Gasteiger partial charge >= 0.3 is 6.18 Å². The van der Waals surface area contributed by atoms with Crippen molar-refractivity contribution in [1.29, 1.82) is 0 Å². The van der Waals surface area contributed by atoms with Crippen LogP contribution in [0.25, 0.3) is 0 Å². The summed E-state index contributed by atoms with van der Waals surface area (Å²) in [5, 5.41) is 9.39. The van der Waals surface area contributed by atoms with Crippen molar-refractivity contribution < 1.29 is 23.1 Å². The Morgan fingerprint density at radius 2 is 1.88 bits per heavy atom. The molecule has 0 aromatic heterocycles. The summed E-state index contributed by atoms with van der Waals surface area (Å²) < 4.78 is 37.6. The van der Waals surface area contributed by atoms with E-state index in [2.05, 4.69) is 0 Å². The van der Waals surface area contributed by atoms with Gasteiger partial charge in [0.25, 0.3) is 0 Å². The van der Waals surface area contributed by atoms with Crippen molar-refractivity contribution in [2.75, 3.05) is 0 Å². The molecular weight excluding hydrogens is 221 g/mol. The van der Waals surface area contributed by atoms with Gasteiger partial charge in [-0.15, -0.1) is 0 Å². The summed E-state index contributed by atoms with van der Waals surface area (Å²) in [6.07, 6.45) is -4.78. The van der Waals surface area contributed by atoms with Gasteiger partial charge in [-0.25, -0.2) is 0 Å². The first-order chi connectivity index (χ1) is 7.16. The third kappa shape index (κ3) is 2.24. The number of halogens is 3. The summed E-state index contributed by atoms with van der Waals surface area (Å²) in [6.45, 7) is 1.91. The molecule has 1 aromatic rings. The molecule has 5 heteroatoms. The molecule has 1 aromatic carbocycles. The van der Waals surface area contributed by atoms with Crippen molar-refractivity contribution in [3.63, 3.8) is 0 Å². The lowest BCUT2D eigenvalue weighted by Crippen LogP contribution is -2.39. The van der Waals surface area contributed by atoms with Gasteiger partial charge in [0.05, 0.1) is 0 Å². The standard InChI is InChI=1S/C11H11F3O2/c1-7(15)8-4-3-5-9(6-8)10(2,16)11(12,13)14/h3-6,16H,1-2H3. The van der Waals surface area contributed by atoms with Crippen LogP contribution >= 0.6 is 0 Å². The van der Waals surface area contributed by atoms with E-state index in [1.54, 1.807) is 0 Å². The van der Waals surface area contributed by atoms with E-state index in [9.17, 15) is 23.1 Å². The summed E-state index contributed by atoms with van der Waals surface area (Å²) in [5.74, 6) is -0.347. The minimum atomic E-state index is -4.78. The molecule has 2 nitrogen and oxygen atoms in total. The molecular formula is C11H11F3O2. The summed E-state index contributed by atoms with van der Waals surface area (Å²) in [5.41, 5.74) is -3.15. The van der Waals surface area contributed by atoms with Gasteiger partial charge in [0.2, 0.25) is 0 Å². The Kier molecular flexibility index (Phi) is 3.10. The Morgan fingerprint density at radius 3 is 2.31 bits per heavy atom. The second kappa shape index (κ2) is 3.90. The van der Waals surface area contributed by atoms with Crippen molar-refractivity contribution in [2.45, 2.75) is 25.6 Å². The number of carbonyl (C=O) groups excluding carboxylic acids is 1. The maximum absolute atomic E-state index is 12.5. The van der Waals surface area contributed by atoms with Crippen LogP contribution in [0.5, 0.6) is 0 Å². The van der Waals surface area contributed by atoms with Crippen LogP contribution in [0.1, 0.15) is 29.8 Å². The molecule has 0 saturated heterocycles. The van der Waals surface area contributed by atoms with Crippen LogP contribution in [0.2, 0.25) is 0 Å². The van der Waals surface area contributed by atoms with Crippen LogP contribution < -0.4 is 0 Å². The smallest absolute Gasteiger partial charge is 0.376 e. The van der Waals surface area contributed by atoms with E-state index in [-0.39, 0.29) is 16.9 Å².